The molecule has 24 heavy (non-hydrogen) atoms. The Morgan fingerprint density at radius 2 is 1.46 bits per heavy atom. The average molecular weight is 345 g/mol. The van der Waals surface area contributed by atoms with Gasteiger partial charge in [-0.15, -0.1) is 0 Å². The lowest BCUT2D eigenvalue weighted by Crippen LogP contribution is -2.29. The summed E-state index contributed by atoms with van der Waals surface area (Å²) < 4.78 is 33.7. The Morgan fingerprint density at radius 3 is 2.08 bits per heavy atom. The number of ether oxygens (including phenoxy) is 1. The number of halogens is 2. The van der Waals surface area contributed by atoms with E-state index in [-0.39, 0.29) is 19.1 Å². The fourth-order valence-corrected chi connectivity index (χ4v) is 4.45. The zero-order valence-corrected chi connectivity index (χ0v) is 15.7. The summed E-state index contributed by atoms with van der Waals surface area (Å²) in [6.07, 6.45) is 16.4. The normalized spacial score (nSPS) is 26.6. The average Bonchev–Trinajstić information content (AvgIpc) is 2.61. The molecule has 0 atom stereocenters. The first kappa shape index (κ1) is 20.1. The highest BCUT2D eigenvalue weighted by Gasteiger charge is 2.32. The Kier molecular flexibility index (Phi) is 9.00. The maximum Gasteiger partial charge on any atom is 0.271 e. The van der Waals surface area contributed by atoms with E-state index >= 15 is 0 Å². The first-order chi connectivity index (χ1) is 11.6. The van der Waals surface area contributed by atoms with Crippen molar-refractivity contribution in [3.05, 3.63) is 0 Å². The van der Waals surface area contributed by atoms with Crippen LogP contribution in [0.1, 0.15) is 103 Å². The van der Waals surface area contributed by atoms with E-state index in [0.29, 0.717) is 12.3 Å². The second-order valence-corrected chi connectivity index (χ2v) is 8.35. The predicted octanol–water partition coefficient (Wildman–Crippen LogP) is 7.14. The lowest BCUT2D eigenvalue weighted by Gasteiger charge is -2.30. The summed E-state index contributed by atoms with van der Waals surface area (Å²) in [7, 11) is 0. The molecule has 0 bridgehead atoms. The first-order valence-corrected chi connectivity index (χ1v) is 10.6. The zero-order valence-electron chi connectivity index (χ0n) is 15.7. The maximum atomic E-state index is 14.1. The minimum atomic E-state index is -2.63. The van der Waals surface area contributed by atoms with Gasteiger partial charge < -0.3 is 4.74 Å². The van der Waals surface area contributed by atoms with Gasteiger partial charge in [-0.05, 0) is 31.1 Å². The fourth-order valence-electron chi connectivity index (χ4n) is 4.45. The lowest BCUT2D eigenvalue weighted by atomic mass is 9.78. The monoisotopic (exact) mass is 344 g/mol. The van der Waals surface area contributed by atoms with Crippen LogP contribution >= 0.6 is 0 Å². The molecule has 2 aliphatic carbocycles. The van der Waals surface area contributed by atoms with Crippen LogP contribution in [0, 0.1) is 11.8 Å². The molecule has 2 rings (SSSR count). The van der Waals surface area contributed by atoms with Crippen molar-refractivity contribution in [1.29, 1.82) is 0 Å². The van der Waals surface area contributed by atoms with E-state index in [4.69, 9.17) is 4.74 Å². The van der Waals surface area contributed by atoms with Gasteiger partial charge in [0.05, 0.1) is 6.10 Å². The van der Waals surface area contributed by atoms with Gasteiger partial charge >= 0.3 is 0 Å². The van der Waals surface area contributed by atoms with Crippen molar-refractivity contribution < 1.29 is 13.5 Å². The second-order valence-electron chi connectivity index (χ2n) is 8.35. The van der Waals surface area contributed by atoms with E-state index in [0.717, 1.165) is 44.4 Å². The lowest BCUT2D eigenvalue weighted by molar-refractivity contribution is -0.112. The van der Waals surface area contributed by atoms with Gasteiger partial charge in [0.2, 0.25) is 0 Å². The Bertz CT molecular complexity index is 318. The SMILES string of the molecule is CCCCCC1CCC(CCC(F)(F)COC2CCCCC2)CC1. The van der Waals surface area contributed by atoms with Crippen molar-refractivity contribution >= 4 is 0 Å². The molecule has 0 unspecified atom stereocenters. The smallest absolute Gasteiger partial charge is 0.271 e. The molecule has 1 nitrogen and oxygen atoms in total. The molecule has 0 N–H and O–H groups in total. The summed E-state index contributed by atoms with van der Waals surface area (Å²) in [6.45, 7) is 1.89. The summed E-state index contributed by atoms with van der Waals surface area (Å²) in [4.78, 5) is 0. The number of unbranched alkanes of at least 4 members (excludes halogenated alkanes) is 2. The molecular weight excluding hydrogens is 306 g/mol. The Balaban J connectivity index is 1.56. The molecule has 0 spiro atoms. The van der Waals surface area contributed by atoms with Gasteiger partial charge in [-0.1, -0.05) is 77.6 Å². The molecule has 0 aliphatic heterocycles. The van der Waals surface area contributed by atoms with Gasteiger partial charge in [0.15, 0.2) is 0 Å². The third kappa shape index (κ3) is 7.80. The van der Waals surface area contributed by atoms with E-state index in [9.17, 15) is 8.78 Å². The predicted molar refractivity (Wildman–Crippen MR) is 96.6 cm³/mol. The number of rotatable bonds is 10. The standard InChI is InChI=1S/C21H38F2O/c1-2-3-5-8-18-11-13-19(14-12-18)15-16-21(22,23)17-24-20-9-6-4-7-10-20/h18-20H,2-17H2,1H3. The minimum Gasteiger partial charge on any atom is -0.372 e. The third-order valence-corrected chi connectivity index (χ3v) is 6.18. The highest BCUT2D eigenvalue weighted by atomic mass is 19.3. The molecule has 2 fully saturated rings. The van der Waals surface area contributed by atoms with Crippen LogP contribution in [0.25, 0.3) is 0 Å². The molecule has 0 saturated heterocycles. The molecule has 0 amide bonds. The van der Waals surface area contributed by atoms with Crippen molar-refractivity contribution in [2.75, 3.05) is 6.61 Å². The van der Waals surface area contributed by atoms with Gasteiger partial charge in [0, 0.05) is 6.42 Å². The third-order valence-electron chi connectivity index (χ3n) is 6.18. The number of alkyl halides is 2. The van der Waals surface area contributed by atoms with Gasteiger partial charge in [-0.25, -0.2) is 8.78 Å². The van der Waals surface area contributed by atoms with Crippen molar-refractivity contribution in [1.82, 2.24) is 0 Å². The molecule has 2 saturated carbocycles. The van der Waals surface area contributed by atoms with Crippen molar-refractivity contribution in [3.63, 3.8) is 0 Å². The molecule has 0 aromatic rings. The maximum absolute atomic E-state index is 14.1. The van der Waals surface area contributed by atoms with Crippen molar-refractivity contribution in [2.45, 2.75) is 115 Å². The number of hydrogen-bond donors (Lipinski definition) is 0. The highest BCUT2D eigenvalue weighted by molar-refractivity contribution is 4.76. The fraction of sp³-hybridized carbons (Fsp3) is 1.00. The Morgan fingerprint density at radius 1 is 0.833 bits per heavy atom. The van der Waals surface area contributed by atoms with Crippen molar-refractivity contribution in [3.8, 4) is 0 Å². The molecule has 0 aromatic heterocycles. The van der Waals surface area contributed by atoms with E-state index in [1.807, 2.05) is 0 Å². The summed E-state index contributed by atoms with van der Waals surface area (Å²) >= 11 is 0. The second kappa shape index (κ2) is 10.7. The van der Waals surface area contributed by atoms with Crippen LogP contribution in [0.4, 0.5) is 8.78 Å². The van der Waals surface area contributed by atoms with E-state index < -0.39 is 5.92 Å². The van der Waals surface area contributed by atoms with E-state index in [1.165, 1.54) is 44.9 Å². The molecule has 2 aliphatic rings. The van der Waals surface area contributed by atoms with Crippen LogP contribution in [-0.2, 0) is 4.74 Å². The van der Waals surface area contributed by atoms with Crippen LogP contribution in [0.2, 0.25) is 0 Å². The summed E-state index contributed by atoms with van der Waals surface area (Å²) in [5.41, 5.74) is 0. The molecule has 3 heteroatoms. The largest absolute Gasteiger partial charge is 0.372 e. The minimum absolute atomic E-state index is 0.0187. The molecule has 0 radical (unpaired) electrons. The van der Waals surface area contributed by atoms with Crippen molar-refractivity contribution in [2.24, 2.45) is 11.8 Å². The molecular formula is C21H38F2O. The van der Waals surface area contributed by atoms with Crippen LogP contribution in [0.3, 0.4) is 0 Å². The van der Waals surface area contributed by atoms with E-state index in [1.54, 1.807) is 0 Å². The van der Waals surface area contributed by atoms with Crippen LogP contribution in [0.5, 0.6) is 0 Å². The van der Waals surface area contributed by atoms with Gasteiger partial charge in [0.1, 0.15) is 6.61 Å². The van der Waals surface area contributed by atoms with Crippen LogP contribution < -0.4 is 0 Å². The topological polar surface area (TPSA) is 9.23 Å². The zero-order chi connectivity index (χ0) is 17.3. The first-order valence-electron chi connectivity index (χ1n) is 10.6. The van der Waals surface area contributed by atoms with Gasteiger partial charge in [-0.2, -0.15) is 0 Å². The van der Waals surface area contributed by atoms with Crippen LogP contribution in [0.15, 0.2) is 0 Å². The van der Waals surface area contributed by atoms with E-state index in [2.05, 4.69) is 6.92 Å². The summed E-state index contributed by atoms with van der Waals surface area (Å²) in [5.74, 6) is -1.24. The Labute approximate surface area is 147 Å². The van der Waals surface area contributed by atoms with Crippen LogP contribution in [-0.4, -0.2) is 18.6 Å². The molecule has 0 heterocycles. The van der Waals surface area contributed by atoms with Gasteiger partial charge in [0.25, 0.3) is 5.92 Å². The quantitative estimate of drug-likeness (QED) is 0.383. The molecule has 142 valence electrons. The van der Waals surface area contributed by atoms with Gasteiger partial charge in [-0.3, -0.25) is 0 Å². The Hall–Kier alpha value is -0.180. The number of hydrogen-bond acceptors (Lipinski definition) is 1. The highest BCUT2D eigenvalue weighted by Crippen LogP contribution is 2.36. The summed E-state index contributed by atoms with van der Waals surface area (Å²) in [6, 6.07) is 0. The summed E-state index contributed by atoms with van der Waals surface area (Å²) in [5, 5.41) is 0. The molecule has 0 aromatic carbocycles.